The van der Waals surface area contributed by atoms with Gasteiger partial charge in [-0.1, -0.05) is 24.7 Å². The van der Waals surface area contributed by atoms with Crippen LogP contribution in [0.15, 0.2) is 24.5 Å². The Labute approximate surface area is 98.8 Å². The Kier molecular flexibility index (Phi) is 3.82. The van der Waals surface area contributed by atoms with Crippen LogP contribution in [0.25, 0.3) is 10.6 Å². The summed E-state index contributed by atoms with van der Waals surface area (Å²) in [7, 11) is 0. The third-order valence-electron chi connectivity index (χ3n) is 2.16. The number of rotatable bonds is 5. The number of unbranched alkanes of at least 4 members (excludes halogenated alkanes) is 1. The van der Waals surface area contributed by atoms with Crippen LogP contribution in [0.3, 0.4) is 0 Å². The van der Waals surface area contributed by atoms with Gasteiger partial charge in [0.1, 0.15) is 5.01 Å². The molecule has 0 amide bonds. The minimum atomic E-state index is 0.889. The van der Waals surface area contributed by atoms with Crippen molar-refractivity contribution in [2.24, 2.45) is 0 Å². The number of hydrogen-bond acceptors (Lipinski definition) is 5. The topological polar surface area (TPSA) is 50.7 Å². The van der Waals surface area contributed by atoms with Gasteiger partial charge in [0.05, 0.1) is 0 Å². The zero-order chi connectivity index (χ0) is 11.2. The highest BCUT2D eigenvalue weighted by Gasteiger charge is 2.05. The van der Waals surface area contributed by atoms with Crippen LogP contribution in [0.4, 0.5) is 5.13 Å². The minimum absolute atomic E-state index is 0.889. The minimum Gasteiger partial charge on any atom is -0.360 e. The molecule has 0 saturated heterocycles. The molecule has 0 aliphatic rings. The van der Waals surface area contributed by atoms with E-state index in [-0.39, 0.29) is 0 Å². The summed E-state index contributed by atoms with van der Waals surface area (Å²) in [6.45, 7) is 3.13. The highest BCUT2D eigenvalue weighted by atomic mass is 32.1. The number of nitrogens with zero attached hydrogens (tertiary/aromatic N) is 3. The van der Waals surface area contributed by atoms with Crippen molar-refractivity contribution in [3.05, 3.63) is 24.5 Å². The Morgan fingerprint density at radius 3 is 2.81 bits per heavy atom. The van der Waals surface area contributed by atoms with Crippen LogP contribution >= 0.6 is 11.3 Å². The number of pyridine rings is 1. The molecule has 0 spiro atoms. The lowest BCUT2D eigenvalue weighted by atomic mass is 10.3. The Morgan fingerprint density at radius 1 is 1.25 bits per heavy atom. The quantitative estimate of drug-likeness (QED) is 0.808. The molecule has 0 atom stereocenters. The lowest BCUT2D eigenvalue weighted by Crippen LogP contribution is -1.99. The van der Waals surface area contributed by atoms with Crippen molar-refractivity contribution in [2.45, 2.75) is 19.8 Å². The standard InChI is InChI=1S/C11H14N4S/c1-2-3-6-13-11-15-14-10(16-11)9-4-7-12-8-5-9/h4-5,7-8H,2-3,6H2,1H3,(H,13,15). The molecule has 2 aromatic rings. The maximum Gasteiger partial charge on any atom is 0.206 e. The fourth-order valence-corrected chi connectivity index (χ4v) is 2.05. The van der Waals surface area contributed by atoms with Gasteiger partial charge in [0.2, 0.25) is 5.13 Å². The van der Waals surface area contributed by atoms with Crippen molar-refractivity contribution in [3.8, 4) is 10.6 Å². The molecular formula is C11H14N4S. The van der Waals surface area contributed by atoms with Gasteiger partial charge in [-0.2, -0.15) is 0 Å². The third-order valence-corrected chi connectivity index (χ3v) is 3.09. The van der Waals surface area contributed by atoms with E-state index >= 15 is 0 Å². The van der Waals surface area contributed by atoms with Gasteiger partial charge < -0.3 is 5.32 Å². The first kappa shape index (κ1) is 11.0. The predicted octanol–water partition coefficient (Wildman–Crippen LogP) is 2.81. The van der Waals surface area contributed by atoms with Crippen LogP contribution in [-0.2, 0) is 0 Å². The highest BCUT2D eigenvalue weighted by Crippen LogP contribution is 2.25. The zero-order valence-corrected chi connectivity index (χ0v) is 10.00. The van der Waals surface area contributed by atoms with Crippen molar-refractivity contribution in [2.75, 3.05) is 11.9 Å². The smallest absolute Gasteiger partial charge is 0.206 e. The van der Waals surface area contributed by atoms with Gasteiger partial charge in [-0.05, 0) is 18.6 Å². The third kappa shape index (κ3) is 2.76. The molecule has 0 bridgehead atoms. The summed E-state index contributed by atoms with van der Waals surface area (Å²) in [5.74, 6) is 0. The largest absolute Gasteiger partial charge is 0.360 e. The highest BCUT2D eigenvalue weighted by molar-refractivity contribution is 7.18. The van der Waals surface area contributed by atoms with Crippen LogP contribution in [0.1, 0.15) is 19.8 Å². The summed E-state index contributed by atoms with van der Waals surface area (Å²) in [5, 5.41) is 13.3. The van der Waals surface area contributed by atoms with E-state index in [0.29, 0.717) is 0 Å². The SMILES string of the molecule is CCCCNc1nnc(-c2ccncc2)s1. The van der Waals surface area contributed by atoms with Crippen LogP contribution in [0.5, 0.6) is 0 Å². The molecule has 4 nitrogen and oxygen atoms in total. The normalized spacial score (nSPS) is 10.3. The van der Waals surface area contributed by atoms with Crippen molar-refractivity contribution in [1.29, 1.82) is 0 Å². The molecule has 0 unspecified atom stereocenters. The van der Waals surface area contributed by atoms with E-state index in [1.807, 2.05) is 12.1 Å². The second-order valence-electron chi connectivity index (χ2n) is 3.43. The number of anilines is 1. The molecule has 2 aromatic heterocycles. The van der Waals surface area contributed by atoms with Gasteiger partial charge in [-0.3, -0.25) is 4.98 Å². The van der Waals surface area contributed by atoms with E-state index in [9.17, 15) is 0 Å². The van der Waals surface area contributed by atoms with Gasteiger partial charge >= 0.3 is 0 Å². The van der Waals surface area contributed by atoms with E-state index in [1.54, 1.807) is 23.7 Å². The summed E-state index contributed by atoms with van der Waals surface area (Å²) in [6.07, 6.45) is 5.87. The monoisotopic (exact) mass is 234 g/mol. The second-order valence-corrected chi connectivity index (χ2v) is 4.41. The van der Waals surface area contributed by atoms with Gasteiger partial charge in [0.25, 0.3) is 0 Å². The van der Waals surface area contributed by atoms with E-state index in [4.69, 9.17) is 0 Å². The summed E-state index contributed by atoms with van der Waals surface area (Å²) in [4.78, 5) is 3.98. The van der Waals surface area contributed by atoms with Gasteiger partial charge in [0.15, 0.2) is 0 Å². The van der Waals surface area contributed by atoms with Crippen LogP contribution in [-0.4, -0.2) is 21.7 Å². The van der Waals surface area contributed by atoms with Crippen LogP contribution in [0, 0.1) is 0 Å². The average Bonchev–Trinajstić information content (AvgIpc) is 2.79. The van der Waals surface area contributed by atoms with Crippen molar-refractivity contribution in [1.82, 2.24) is 15.2 Å². The van der Waals surface area contributed by atoms with Crippen molar-refractivity contribution < 1.29 is 0 Å². The summed E-state index contributed by atoms with van der Waals surface area (Å²) >= 11 is 1.58. The summed E-state index contributed by atoms with van der Waals surface area (Å²) < 4.78 is 0. The lowest BCUT2D eigenvalue weighted by molar-refractivity contribution is 0.831. The van der Waals surface area contributed by atoms with Gasteiger partial charge in [0, 0.05) is 24.5 Å². The summed E-state index contributed by atoms with van der Waals surface area (Å²) in [6, 6.07) is 3.88. The van der Waals surface area contributed by atoms with E-state index in [1.165, 1.54) is 6.42 Å². The van der Waals surface area contributed by atoms with Gasteiger partial charge in [-0.25, -0.2) is 0 Å². The van der Waals surface area contributed by atoms with E-state index in [0.717, 1.165) is 28.7 Å². The van der Waals surface area contributed by atoms with E-state index in [2.05, 4.69) is 27.4 Å². The number of nitrogens with one attached hydrogen (secondary N) is 1. The predicted molar refractivity (Wildman–Crippen MR) is 66.5 cm³/mol. The molecule has 1 N–H and O–H groups in total. The van der Waals surface area contributed by atoms with Crippen LogP contribution < -0.4 is 5.32 Å². The first-order valence-electron chi connectivity index (χ1n) is 5.38. The Balaban J connectivity index is 2.02. The fourth-order valence-electron chi connectivity index (χ4n) is 1.28. The van der Waals surface area contributed by atoms with Crippen molar-refractivity contribution >= 4 is 16.5 Å². The van der Waals surface area contributed by atoms with Crippen molar-refractivity contribution in [3.63, 3.8) is 0 Å². The number of hydrogen-bond donors (Lipinski definition) is 1. The molecule has 2 rings (SSSR count). The molecule has 0 aliphatic carbocycles. The first-order valence-corrected chi connectivity index (χ1v) is 6.19. The maximum atomic E-state index is 4.14. The lowest BCUT2D eigenvalue weighted by Gasteiger charge is -1.97. The molecule has 0 aliphatic heterocycles. The molecular weight excluding hydrogens is 220 g/mol. The molecule has 0 fully saturated rings. The molecule has 0 saturated carbocycles. The average molecular weight is 234 g/mol. The number of aromatic nitrogens is 3. The Hall–Kier alpha value is -1.49. The Morgan fingerprint density at radius 2 is 2.06 bits per heavy atom. The Bertz CT molecular complexity index is 427. The fraction of sp³-hybridized carbons (Fsp3) is 0.364. The molecule has 0 radical (unpaired) electrons. The molecule has 0 aromatic carbocycles. The van der Waals surface area contributed by atoms with E-state index < -0.39 is 0 Å². The van der Waals surface area contributed by atoms with Gasteiger partial charge in [-0.15, -0.1) is 10.2 Å². The molecule has 16 heavy (non-hydrogen) atoms. The van der Waals surface area contributed by atoms with Crippen LogP contribution in [0.2, 0.25) is 0 Å². The molecule has 2 heterocycles. The maximum absolute atomic E-state index is 4.14. The molecule has 5 heteroatoms. The summed E-state index contributed by atoms with van der Waals surface area (Å²) in [5.41, 5.74) is 1.07. The zero-order valence-electron chi connectivity index (χ0n) is 9.18. The first-order chi connectivity index (χ1) is 7.90. The second kappa shape index (κ2) is 5.55. The molecule has 84 valence electrons.